The van der Waals surface area contributed by atoms with Gasteiger partial charge in [-0.3, -0.25) is 4.79 Å². The van der Waals surface area contributed by atoms with Crippen LogP contribution in [-0.4, -0.2) is 9.97 Å². The fourth-order valence-corrected chi connectivity index (χ4v) is 3.90. The fraction of sp³-hybridized carbons (Fsp3) is 0.167. The van der Waals surface area contributed by atoms with Gasteiger partial charge in [-0.2, -0.15) is 0 Å². The average molecular weight is 356 g/mol. The predicted octanol–water partition coefficient (Wildman–Crippen LogP) is 3.10. The van der Waals surface area contributed by atoms with E-state index in [1.54, 1.807) is 11.3 Å². The molecule has 3 rings (SSSR count). The second-order valence-electron chi connectivity index (χ2n) is 3.98. The lowest BCUT2D eigenvalue weighted by molar-refractivity contribution is 0.669. The van der Waals surface area contributed by atoms with Crippen LogP contribution in [0.1, 0.15) is 10.7 Å². The summed E-state index contributed by atoms with van der Waals surface area (Å²) in [6.45, 7) is 1.32. The van der Waals surface area contributed by atoms with Gasteiger partial charge >= 0.3 is 0 Å². The quantitative estimate of drug-likeness (QED) is 0.755. The third-order valence-electron chi connectivity index (χ3n) is 2.58. The minimum absolute atomic E-state index is 0.0596. The minimum atomic E-state index is -0.0596. The zero-order valence-electron chi connectivity index (χ0n) is 9.77. The van der Waals surface area contributed by atoms with E-state index in [4.69, 9.17) is 0 Å². The van der Waals surface area contributed by atoms with Gasteiger partial charge in [0.05, 0.1) is 12.1 Å². The first kappa shape index (κ1) is 13.0. The van der Waals surface area contributed by atoms with Crippen molar-refractivity contribution in [2.24, 2.45) is 0 Å². The number of nitrogens with one attached hydrogen (secondary N) is 2. The van der Waals surface area contributed by atoms with Crippen molar-refractivity contribution in [1.82, 2.24) is 15.3 Å². The third kappa shape index (κ3) is 2.94. The summed E-state index contributed by atoms with van der Waals surface area (Å²) >= 11 is 6.53. The first-order valence-electron chi connectivity index (χ1n) is 5.62. The van der Waals surface area contributed by atoms with Crippen LogP contribution in [0.5, 0.6) is 0 Å². The summed E-state index contributed by atoms with van der Waals surface area (Å²) in [5.41, 5.74) is 0.708. The predicted molar refractivity (Wildman–Crippen MR) is 82.8 cm³/mol. The highest BCUT2D eigenvalue weighted by molar-refractivity contribution is 9.10. The molecule has 7 heteroatoms. The number of thiophene rings is 2. The molecule has 0 atom stereocenters. The lowest BCUT2D eigenvalue weighted by atomic mass is 10.4. The van der Waals surface area contributed by atoms with E-state index in [9.17, 15) is 4.79 Å². The monoisotopic (exact) mass is 355 g/mol. The van der Waals surface area contributed by atoms with Gasteiger partial charge in [-0.25, -0.2) is 4.98 Å². The van der Waals surface area contributed by atoms with Gasteiger partial charge in [0.15, 0.2) is 0 Å². The molecule has 3 heterocycles. The number of rotatable bonds is 4. The molecule has 0 aromatic carbocycles. The van der Waals surface area contributed by atoms with E-state index in [2.05, 4.69) is 42.7 Å². The standard InChI is InChI=1S/C12H10BrN3OS2/c13-7-3-8(19-6-7)4-14-5-10-15-9-1-2-18-11(9)12(17)16-10/h1-3,6,14H,4-5H2,(H,15,16,17). The molecule has 0 spiro atoms. The molecule has 0 saturated heterocycles. The first-order valence-corrected chi connectivity index (χ1v) is 8.17. The largest absolute Gasteiger partial charge is 0.308 e. The average Bonchev–Trinajstić information content (AvgIpc) is 2.98. The van der Waals surface area contributed by atoms with Gasteiger partial charge in [0.25, 0.3) is 5.56 Å². The topological polar surface area (TPSA) is 57.8 Å². The molecule has 0 bridgehead atoms. The number of hydrogen-bond donors (Lipinski definition) is 2. The molecule has 2 N–H and O–H groups in total. The molecule has 4 nitrogen and oxygen atoms in total. The molecule has 0 amide bonds. The minimum Gasteiger partial charge on any atom is -0.308 e. The van der Waals surface area contributed by atoms with Gasteiger partial charge in [0.1, 0.15) is 10.5 Å². The third-order valence-corrected chi connectivity index (χ3v) is 5.18. The molecule has 19 heavy (non-hydrogen) atoms. The highest BCUT2D eigenvalue weighted by Gasteiger charge is 2.04. The molecule has 3 aromatic rings. The number of aromatic amines is 1. The Morgan fingerprint density at radius 2 is 2.26 bits per heavy atom. The van der Waals surface area contributed by atoms with Crippen LogP contribution in [0.3, 0.4) is 0 Å². The Hall–Kier alpha value is -1.02. The van der Waals surface area contributed by atoms with Gasteiger partial charge < -0.3 is 10.3 Å². The Balaban J connectivity index is 1.69. The lowest BCUT2D eigenvalue weighted by Gasteiger charge is -2.02. The van der Waals surface area contributed by atoms with Crippen LogP contribution in [0, 0.1) is 0 Å². The number of fused-ring (bicyclic) bond motifs is 1. The second-order valence-corrected chi connectivity index (χ2v) is 6.81. The zero-order valence-corrected chi connectivity index (χ0v) is 13.0. The molecule has 0 saturated carbocycles. The fourth-order valence-electron chi connectivity index (χ4n) is 1.76. The number of H-pyrrole nitrogens is 1. The van der Waals surface area contributed by atoms with E-state index in [1.165, 1.54) is 16.2 Å². The summed E-state index contributed by atoms with van der Waals surface area (Å²) in [5, 5.41) is 7.21. The lowest BCUT2D eigenvalue weighted by Crippen LogP contribution is -2.18. The SMILES string of the molecule is O=c1[nH]c(CNCc2cc(Br)cs2)nc2ccsc12. The highest BCUT2D eigenvalue weighted by atomic mass is 79.9. The van der Waals surface area contributed by atoms with Crippen molar-refractivity contribution in [1.29, 1.82) is 0 Å². The van der Waals surface area contributed by atoms with Crippen molar-refractivity contribution in [3.05, 3.63) is 48.4 Å². The Bertz CT molecular complexity index is 762. The van der Waals surface area contributed by atoms with Crippen molar-refractivity contribution in [2.45, 2.75) is 13.1 Å². The number of aromatic nitrogens is 2. The molecular formula is C12H10BrN3OS2. The smallest absolute Gasteiger partial charge is 0.268 e. The number of halogens is 1. The molecule has 3 aromatic heterocycles. The molecule has 0 aliphatic rings. The van der Waals surface area contributed by atoms with E-state index in [0.717, 1.165) is 16.5 Å². The maximum Gasteiger partial charge on any atom is 0.268 e. The normalized spacial score (nSPS) is 11.2. The van der Waals surface area contributed by atoms with Crippen LogP contribution in [0.4, 0.5) is 0 Å². The number of nitrogens with zero attached hydrogens (tertiary/aromatic N) is 1. The van der Waals surface area contributed by atoms with Crippen molar-refractivity contribution < 1.29 is 0 Å². The van der Waals surface area contributed by atoms with Crippen LogP contribution in [-0.2, 0) is 13.1 Å². The molecule has 98 valence electrons. The van der Waals surface area contributed by atoms with Gasteiger partial charge in [-0.1, -0.05) is 0 Å². The van der Waals surface area contributed by atoms with E-state index in [-0.39, 0.29) is 5.56 Å². The maximum absolute atomic E-state index is 11.8. The highest BCUT2D eigenvalue weighted by Crippen LogP contribution is 2.19. The Labute approximate surface area is 125 Å². The van der Waals surface area contributed by atoms with Gasteiger partial charge in [0.2, 0.25) is 0 Å². The Morgan fingerprint density at radius 3 is 3.05 bits per heavy atom. The molecule has 0 radical (unpaired) electrons. The summed E-state index contributed by atoms with van der Waals surface area (Å²) in [7, 11) is 0. The van der Waals surface area contributed by atoms with E-state index >= 15 is 0 Å². The number of hydrogen-bond acceptors (Lipinski definition) is 5. The molecule has 0 unspecified atom stereocenters. The summed E-state index contributed by atoms with van der Waals surface area (Å²) in [4.78, 5) is 20.2. The van der Waals surface area contributed by atoms with E-state index < -0.39 is 0 Å². The second kappa shape index (κ2) is 5.54. The van der Waals surface area contributed by atoms with Gasteiger partial charge in [-0.05, 0) is 33.4 Å². The van der Waals surface area contributed by atoms with Crippen molar-refractivity contribution in [3.63, 3.8) is 0 Å². The van der Waals surface area contributed by atoms with Crippen LogP contribution < -0.4 is 10.9 Å². The summed E-state index contributed by atoms with van der Waals surface area (Å²) in [6, 6.07) is 3.95. The molecule has 0 fully saturated rings. The van der Waals surface area contributed by atoms with Crippen molar-refractivity contribution >= 4 is 48.8 Å². The van der Waals surface area contributed by atoms with Crippen LogP contribution in [0.25, 0.3) is 10.2 Å². The zero-order chi connectivity index (χ0) is 13.2. The van der Waals surface area contributed by atoms with Gasteiger partial charge in [0, 0.05) is 21.3 Å². The van der Waals surface area contributed by atoms with Gasteiger partial charge in [-0.15, -0.1) is 22.7 Å². The van der Waals surface area contributed by atoms with Crippen LogP contribution in [0.15, 0.2) is 32.2 Å². The van der Waals surface area contributed by atoms with Crippen molar-refractivity contribution in [2.75, 3.05) is 0 Å². The summed E-state index contributed by atoms with van der Waals surface area (Å²) < 4.78 is 1.78. The maximum atomic E-state index is 11.8. The van der Waals surface area contributed by atoms with Crippen LogP contribution >= 0.6 is 38.6 Å². The summed E-state index contributed by atoms with van der Waals surface area (Å²) in [5.74, 6) is 0.673. The summed E-state index contributed by atoms with van der Waals surface area (Å²) in [6.07, 6.45) is 0. The Morgan fingerprint density at radius 1 is 1.37 bits per heavy atom. The van der Waals surface area contributed by atoms with E-state index in [0.29, 0.717) is 17.1 Å². The van der Waals surface area contributed by atoms with Crippen molar-refractivity contribution in [3.8, 4) is 0 Å². The molecule has 0 aliphatic heterocycles. The molecular weight excluding hydrogens is 346 g/mol. The Kier molecular flexibility index (Phi) is 3.79. The first-order chi connectivity index (χ1) is 9.22. The molecule has 0 aliphatic carbocycles. The van der Waals surface area contributed by atoms with E-state index in [1.807, 2.05) is 11.4 Å². The van der Waals surface area contributed by atoms with Crippen LogP contribution in [0.2, 0.25) is 0 Å².